The Balaban J connectivity index is 3.44. The Labute approximate surface area is 95.8 Å². The molecule has 0 N–H and O–H groups in total. The zero-order valence-electron chi connectivity index (χ0n) is 10.6. The van der Waals surface area contributed by atoms with E-state index in [1.807, 2.05) is 20.8 Å². The van der Waals surface area contributed by atoms with Gasteiger partial charge < -0.3 is 14.2 Å². The fraction of sp³-hybridized carbons (Fsp3) is 0.636. The van der Waals surface area contributed by atoms with Gasteiger partial charge in [0.1, 0.15) is 0 Å². The summed E-state index contributed by atoms with van der Waals surface area (Å²) in [5.74, 6) is 0.965. The van der Waals surface area contributed by atoms with Gasteiger partial charge in [-0.1, -0.05) is 20.8 Å². The first-order valence-corrected chi connectivity index (χ1v) is 4.98. The highest BCUT2D eigenvalue weighted by Crippen LogP contribution is 2.37. The maximum absolute atomic E-state index is 5.25. The summed E-state index contributed by atoms with van der Waals surface area (Å²) in [6.07, 6.45) is 0. The smallest absolute Gasteiger partial charge is 0.322 e. The van der Waals surface area contributed by atoms with Gasteiger partial charge in [0, 0.05) is 0 Å². The predicted octanol–water partition coefficient (Wildman–Crippen LogP) is 1.80. The highest BCUT2D eigenvalue weighted by Gasteiger charge is 2.27. The molecular formula is C11H18N2O3. The van der Waals surface area contributed by atoms with Crippen molar-refractivity contribution in [2.75, 3.05) is 21.3 Å². The lowest BCUT2D eigenvalue weighted by Crippen LogP contribution is -2.17. The molecule has 1 rings (SSSR count). The molecule has 90 valence electrons. The molecule has 0 radical (unpaired) electrons. The van der Waals surface area contributed by atoms with Crippen LogP contribution in [-0.2, 0) is 5.41 Å². The van der Waals surface area contributed by atoms with E-state index >= 15 is 0 Å². The van der Waals surface area contributed by atoms with Crippen molar-refractivity contribution >= 4 is 0 Å². The maximum atomic E-state index is 5.25. The Hall–Kier alpha value is -1.52. The van der Waals surface area contributed by atoms with E-state index in [1.165, 1.54) is 7.11 Å². The quantitative estimate of drug-likeness (QED) is 0.786. The molecule has 0 spiro atoms. The summed E-state index contributed by atoms with van der Waals surface area (Å²) in [6.45, 7) is 6.13. The second-order valence-electron chi connectivity index (χ2n) is 4.35. The minimum absolute atomic E-state index is 0.164. The van der Waals surface area contributed by atoms with Crippen LogP contribution in [0.3, 0.4) is 0 Å². The van der Waals surface area contributed by atoms with Gasteiger partial charge in [0.05, 0.1) is 26.9 Å². The van der Waals surface area contributed by atoms with Crippen LogP contribution >= 0.6 is 0 Å². The van der Waals surface area contributed by atoms with E-state index in [4.69, 9.17) is 14.2 Å². The molecule has 0 atom stereocenters. The van der Waals surface area contributed by atoms with Crippen LogP contribution in [0.2, 0.25) is 0 Å². The van der Waals surface area contributed by atoms with Crippen molar-refractivity contribution in [3.05, 3.63) is 5.56 Å². The lowest BCUT2D eigenvalue weighted by molar-refractivity contribution is 0.313. The molecule has 1 aromatic heterocycles. The number of aromatic nitrogens is 2. The zero-order chi connectivity index (χ0) is 12.3. The summed E-state index contributed by atoms with van der Waals surface area (Å²) >= 11 is 0. The molecule has 0 saturated carbocycles. The Kier molecular flexibility index (Phi) is 3.57. The van der Waals surface area contributed by atoms with E-state index in [0.717, 1.165) is 5.56 Å². The van der Waals surface area contributed by atoms with Gasteiger partial charge in [-0.25, -0.2) is 0 Å². The first kappa shape index (κ1) is 12.5. The monoisotopic (exact) mass is 226 g/mol. The molecule has 1 heterocycles. The minimum atomic E-state index is -0.164. The average Bonchev–Trinajstić information content (AvgIpc) is 2.25. The van der Waals surface area contributed by atoms with Crippen LogP contribution in [0.15, 0.2) is 0 Å². The number of ether oxygens (including phenoxy) is 3. The Morgan fingerprint density at radius 2 is 1.25 bits per heavy atom. The SMILES string of the molecule is COc1nc(OC)c(C(C)(C)C)c(OC)n1. The van der Waals surface area contributed by atoms with E-state index in [0.29, 0.717) is 11.8 Å². The molecule has 0 aliphatic carbocycles. The molecule has 0 bridgehead atoms. The Bertz CT molecular complexity index is 347. The minimum Gasteiger partial charge on any atom is -0.481 e. The number of hydrogen-bond donors (Lipinski definition) is 0. The third kappa shape index (κ3) is 2.35. The zero-order valence-corrected chi connectivity index (χ0v) is 10.6. The van der Waals surface area contributed by atoms with Crippen LogP contribution < -0.4 is 14.2 Å². The van der Waals surface area contributed by atoms with Crippen LogP contribution in [0.4, 0.5) is 0 Å². The van der Waals surface area contributed by atoms with E-state index < -0.39 is 0 Å². The molecule has 0 fully saturated rings. The molecule has 5 nitrogen and oxygen atoms in total. The molecule has 1 aromatic rings. The van der Waals surface area contributed by atoms with Crippen molar-refractivity contribution in [2.24, 2.45) is 0 Å². The van der Waals surface area contributed by atoms with Crippen molar-refractivity contribution in [1.82, 2.24) is 9.97 Å². The van der Waals surface area contributed by atoms with Gasteiger partial charge >= 0.3 is 6.01 Å². The molecule has 0 aromatic carbocycles. The molecule has 0 saturated heterocycles. The number of nitrogens with zero attached hydrogens (tertiary/aromatic N) is 2. The topological polar surface area (TPSA) is 53.5 Å². The van der Waals surface area contributed by atoms with Crippen molar-refractivity contribution < 1.29 is 14.2 Å². The number of hydrogen-bond acceptors (Lipinski definition) is 5. The molecular weight excluding hydrogens is 208 g/mol. The largest absolute Gasteiger partial charge is 0.481 e. The predicted molar refractivity (Wildman–Crippen MR) is 60.4 cm³/mol. The van der Waals surface area contributed by atoms with Crippen LogP contribution in [0.5, 0.6) is 17.8 Å². The van der Waals surface area contributed by atoms with Crippen molar-refractivity contribution in [3.8, 4) is 17.8 Å². The van der Waals surface area contributed by atoms with Crippen LogP contribution in [0, 0.1) is 0 Å². The second kappa shape index (κ2) is 4.55. The highest BCUT2D eigenvalue weighted by molar-refractivity contribution is 5.42. The number of methoxy groups -OCH3 is 3. The summed E-state index contributed by atoms with van der Waals surface area (Å²) in [5, 5.41) is 0. The second-order valence-corrected chi connectivity index (χ2v) is 4.35. The van der Waals surface area contributed by atoms with Crippen molar-refractivity contribution in [2.45, 2.75) is 26.2 Å². The average molecular weight is 226 g/mol. The van der Waals surface area contributed by atoms with Gasteiger partial charge in [-0.2, -0.15) is 9.97 Å². The van der Waals surface area contributed by atoms with Gasteiger partial charge in [0.25, 0.3) is 0 Å². The van der Waals surface area contributed by atoms with E-state index in [-0.39, 0.29) is 11.4 Å². The van der Waals surface area contributed by atoms with Gasteiger partial charge in [-0.3, -0.25) is 0 Å². The van der Waals surface area contributed by atoms with E-state index in [9.17, 15) is 0 Å². The fourth-order valence-electron chi connectivity index (χ4n) is 1.43. The first-order valence-electron chi connectivity index (χ1n) is 4.98. The summed E-state index contributed by atoms with van der Waals surface area (Å²) in [4.78, 5) is 8.30. The summed E-state index contributed by atoms with van der Waals surface area (Å²) in [5.41, 5.74) is 0.668. The molecule has 0 aliphatic heterocycles. The van der Waals surface area contributed by atoms with Crippen molar-refractivity contribution in [3.63, 3.8) is 0 Å². The lowest BCUT2D eigenvalue weighted by atomic mass is 9.88. The van der Waals surface area contributed by atoms with Crippen molar-refractivity contribution in [1.29, 1.82) is 0 Å². The molecule has 16 heavy (non-hydrogen) atoms. The lowest BCUT2D eigenvalue weighted by Gasteiger charge is -2.23. The van der Waals surface area contributed by atoms with Gasteiger partial charge in [0.15, 0.2) is 0 Å². The standard InChI is InChI=1S/C11H18N2O3/c1-11(2,3)7-8(14-4)12-10(16-6)13-9(7)15-5/h1-6H3. The Morgan fingerprint density at radius 1 is 0.812 bits per heavy atom. The molecule has 5 heteroatoms. The van der Waals surface area contributed by atoms with Crippen LogP contribution in [0.1, 0.15) is 26.3 Å². The third-order valence-corrected chi connectivity index (χ3v) is 2.14. The molecule has 0 unspecified atom stereocenters. The van der Waals surface area contributed by atoms with Crippen LogP contribution in [-0.4, -0.2) is 31.3 Å². The van der Waals surface area contributed by atoms with E-state index in [2.05, 4.69) is 9.97 Å². The third-order valence-electron chi connectivity index (χ3n) is 2.14. The maximum Gasteiger partial charge on any atom is 0.322 e. The molecule has 0 amide bonds. The number of rotatable bonds is 3. The van der Waals surface area contributed by atoms with E-state index in [1.54, 1.807) is 14.2 Å². The highest BCUT2D eigenvalue weighted by atomic mass is 16.5. The summed E-state index contributed by atoms with van der Waals surface area (Å²) < 4.78 is 15.5. The van der Waals surface area contributed by atoms with Gasteiger partial charge in [0.2, 0.25) is 11.8 Å². The Morgan fingerprint density at radius 3 is 1.50 bits per heavy atom. The fourth-order valence-corrected chi connectivity index (χ4v) is 1.43. The van der Waals surface area contributed by atoms with Gasteiger partial charge in [-0.15, -0.1) is 0 Å². The summed E-state index contributed by atoms with van der Waals surface area (Å²) in [7, 11) is 4.64. The first-order chi connectivity index (χ1) is 7.43. The summed E-state index contributed by atoms with van der Waals surface area (Å²) in [6, 6.07) is 0.238. The molecule has 0 aliphatic rings. The van der Waals surface area contributed by atoms with Crippen LogP contribution in [0.25, 0.3) is 0 Å². The van der Waals surface area contributed by atoms with Gasteiger partial charge in [-0.05, 0) is 5.41 Å². The normalized spacial score (nSPS) is 11.1.